The molecule has 2 atom stereocenters. The lowest BCUT2D eigenvalue weighted by molar-refractivity contribution is 0.470. The first-order valence-electron chi connectivity index (χ1n) is 7.13. The summed E-state index contributed by atoms with van der Waals surface area (Å²) in [5.41, 5.74) is 2.84. The maximum atomic E-state index is 3.73. The second-order valence-corrected chi connectivity index (χ2v) is 6.10. The van der Waals surface area contributed by atoms with E-state index in [2.05, 4.69) is 57.3 Å². The molecule has 1 nitrogen and oxygen atoms in total. The van der Waals surface area contributed by atoms with Gasteiger partial charge in [0.05, 0.1) is 0 Å². The largest absolute Gasteiger partial charge is 0.307 e. The summed E-state index contributed by atoms with van der Waals surface area (Å²) in [5, 5.41) is 3.73. The third-order valence-corrected chi connectivity index (χ3v) is 4.40. The summed E-state index contributed by atoms with van der Waals surface area (Å²) in [6, 6.07) is 10.1. The van der Waals surface area contributed by atoms with Gasteiger partial charge in [-0.3, -0.25) is 0 Å². The first-order chi connectivity index (χ1) is 8.71. The summed E-state index contributed by atoms with van der Waals surface area (Å²) in [6.45, 7) is 8.96. The van der Waals surface area contributed by atoms with Crippen LogP contribution in [0.25, 0.3) is 0 Å². The van der Waals surface area contributed by atoms with Crippen LogP contribution < -0.4 is 5.32 Å². The Kier molecular flexibility index (Phi) is 7.45. The quantitative estimate of drug-likeness (QED) is 0.746. The highest BCUT2D eigenvalue weighted by Gasteiger charge is 2.12. The molecule has 0 saturated heterocycles. The molecule has 0 aliphatic heterocycles. The predicted molar refractivity (Wildman–Crippen MR) is 84.4 cm³/mol. The van der Waals surface area contributed by atoms with Crippen LogP contribution in [-0.4, -0.2) is 17.5 Å². The molecular weight excluding hydrogens is 238 g/mol. The van der Waals surface area contributed by atoms with Gasteiger partial charge < -0.3 is 5.32 Å². The highest BCUT2D eigenvalue weighted by Crippen LogP contribution is 2.19. The molecule has 1 aromatic carbocycles. The van der Waals surface area contributed by atoms with Crippen molar-refractivity contribution in [3.63, 3.8) is 0 Å². The van der Waals surface area contributed by atoms with E-state index in [4.69, 9.17) is 0 Å². The predicted octanol–water partition coefficient (Wildman–Crippen LogP) is 4.43. The minimum atomic E-state index is 0.489. The fourth-order valence-corrected chi connectivity index (χ4v) is 2.81. The first-order valence-corrected chi connectivity index (χ1v) is 8.29. The molecule has 2 heteroatoms. The number of benzene rings is 1. The minimum absolute atomic E-state index is 0.489. The van der Waals surface area contributed by atoms with Crippen LogP contribution in [-0.2, 0) is 6.42 Å². The molecule has 0 bridgehead atoms. The average Bonchev–Trinajstić information content (AvgIpc) is 2.42. The standard InChI is InChI=1S/C16H27NS/c1-5-14-8-10-15(11-9-14)16(6-2)17-13(4)12-18-7-3/h8-11,13,16-17H,5-7,12H2,1-4H3. The zero-order valence-corrected chi connectivity index (χ0v) is 13.0. The highest BCUT2D eigenvalue weighted by molar-refractivity contribution is 7.99. The molecule has 0 amide bonds. The number of aryl methyl sites for hydroxylation is 1. The molecule has 0 heterocycles. The van der Waals surface area contributed by atoms with Crippen molar-refractivity contribution in [2.75, 3.05) is 11.5 Å². The molecule has 0 spiro atoms. The van der Waals surface area contributed by atoms with Crippen molar-refractivity contribution < 1.29 is 0 Å². The molecular formula is C16H27NS. The summed E-state index contributed by atoms with van der Waals surface area (Å²) in [5.74, 6) is 2.40. The van der Waals surface area contributed by atoms with E-state index in [9.17, 15) is 0 Å². The Balaban J connectivity index is 2.58. The van der Waals surface area contributed by atoms with E-state index in [1.807, 2.05) is 11.8 Å². The lowest BCUT2D eigenvalue weighted by Gasteiger charge is -2.22. The lowest BCUT2D eigenvalue weighted by atomic mass is 10.0. The molecule has 2 unspecified atom stereocenters. The smallest absolute Gasteiger partial charge is 0.0320 e. The van der Waals surface area contributed by atoms with E-state index in [1.165, 1.54) is 22.6 Å². The highest BCUT2D eigenvalue weighted by atomic mass is 32.2. The molecule has 0 saturated carbocycles. The monoisotopic (exact) mass is 265 g/mol. The fourth-order valence-electron chi connectivity index (χ4n) is 2.12. The molecule has 0 aliphatic rings. The number of rotatable bonds is 8. The summed E-state index contributed by atoms with van der Waals surface area (Å²) < 4.78 is 0. The van der Waals surface area contributed by atoms with Crippen molar-refractivity contribution in [2.24, 2.45) is 0 Å². The second kappa shape index (κ2) is 8.60. The Labute approximate surface area is 117 Å². The Hall–Kier alpha value is -0.470. The van der Waals surface area contributed by atoms with Gasteiger partial charge in [0.2, 0.25) is 0 Å². The molecule has 0 radical (unpaired) electrons. The maximum Gasteiger partial charge on any atom is 0.0320 e. The number of hydrogen-bond donors (Lipinski definition) is 1. The minimum Gasteiger partial charge on any atom is -0.307 e. The molecule has 1 rings (SSSR count). The van der Waals surface area contributed by atoms with Crippen molar-refractivity contribution in [3.8, 4) is 0 Å². The molecule has 0 fully saturated rings. The Bertz CT molecular complexity index is 320. The van der Waals surface area contributed by atoms with E-state index in [-0.39, 0.29) is 0 Å². The molecule has 18 heavy (non-hydrogen) atoms. The Morgan fingerprint density at radius 2 is 1.78 bits per heavy atom. The van der Waals surface area contributed by atoms with E-state index >= 15 is 0 Å². The molecule has 102 valence electrons. The third kappa shape index (κ3) is 5.03. The number of nitrogens with one attached hydrogen (secondary N) is 1. The van der Waals surface area contributed by atoms with Gasteiger partial charge in [-0.15, -0.1) is 0 Å². The van der Waals surface area contributed by atoms with E-state index in [1.54, 1.807) is 0 Å². The van der Waals surface area contributed by atoms with Crippen LogP contribution >= 0.6 is 11.8 Å². The van der Waals surface area contributed by atoms with Crippen LogP contribution in [0.5, 0.6) is 0 Å². The van der Waals surface area contributed by atoms with Crippen LogP contribution in [0.1, 0.15) is 51.3 Å². The zero-order valence-electron chi connectivity index (χ0n) is 12.2. The number of hydrogen-bond acceptors (Lipinski definition) is 2. The van der Waals surface area contributed by atoms with Crippen molar-refractivity contribution in [1.29, 1.82) is 0 Å². The van der Waals surface area contributed by atoms with Crippen LogP contribution in [0.2, 0.25) is 0 Å². The van der Waals surface area contributed by atoms with Crippen molar-refractivity contribution >= 4 is 11.8 Å². The van der Waals surface area contributed by atoms with E-state index < -0.39 is 0 Å². The van der Waals surface area contributed by atoms with E-state index in [0.717, 1.165) is 12.8 Å². The van der Waals surface area contributed by atoms with E-state index in [0.29, 0.717) is 12.1 Å². The molecule has 0 aliphatic carbocycles. The topological polar surface area (TPSA) is 12.0 Å². The first kappa shape index (κ1) is 15.6. The molecule has 0 aromatic heterocycles. The Morgan fingerprint density at radius 1 is 1.11 bits per heavy atom. The van der Waals surface area contributed by atoms with Crippen LogP contribution in [0.3, 0.4) is 0 Å². The van der Waals surface area contributed by atoms with Gasteiger partial charge in [-0.1, -0.05) is 45.0 Å². The lowest BCUT2D eigenvalue weighted by Crippen LogP contribution is -2.32. The van der Waals surface area contributed by atoms with Crippen molar-refractivity contribution in [2.45, 2.75) is 52.6 Å². The van der Waals surface area contributed by atoms with Crippen molar-refractivity contribution in [3.05, 3.63) is 35.4 Å². The molecule has 1 aromatic rings. The van der Waals surface area contributed by atoms with Crippen LogP contribution in [0.4, 0.5) is 0 Å². The SMILES string of the molecule is CCSCC(C)NC(CC)c1ccc(CC)cc1. The van der Waals surface area contributed by atoms with Crippen LogP contribution in [0.15, 0.2) is 24.3 Å². The zero-order chi connectivity index (χ0) is 13.4. The van der Waals surface area contributed by atoms with Crippen LogP contribution in [0, 0.1) is 0 Å². The fraction of sp³-hybridized carbons (Fsp3) is 0.625. The molecule has 1 N–H and O–H groups in total. The number of thioether (sulfide) groups is 1. The van der Waals surface area contributed by atoms with Gasteiger partial charge in [-0.05, 0) is 36.6 Å². The van der Waals surface area contributed by atoms with Gasteiger partial charge in [0.15, 0.2) is 0 Å². The maximum absolute atomic E-state index is 3.73. The summed E-state index contributed by atoms with van der Waals surface area (Å²) >= 11 is 2.01. The van der Waals surface area contributed by atoms with Gasteiger partial charge in [-0.25, -0.2) is 0 Å². The van der Waals surface area contributed by atoms with Gasteiger partial charge in [-0.2, -0.15) is 11.8 Å². The third-order valence-electron chi connectivity index (χ3n) is 3.26. The Morgan fingerprint density at radius 3 is 2.28 bits per heavy atom. The van der Waals surface area contributed by atoms with Gasteiger partial charge in [0.25, 0.3) is 0 Å². The second-order valence-electron chi connectivity index (χ2n) is 4.78. The van der Waals surface area contributed by atoms with Gasteiger partial charge in [0.1, 0.15) is 0 Å². The average molecular weight is 265 g/mol. The van der Waals surface area contributed by atoms with Gasteiger partial charge >= 0.3 is 0 Å². The normalized spacial score (nSPS) is 14.4. The summed E-state index contributed by atoms with van der Waals surface area (Å²) in [6.07, 6.45) is 2.26. The van der Waals surface area contributed by atoms with Crippen molar-refractivity contribution in [1.82, 2.24) is 5.32 Å². The summed E-state index contributed by atoms with van der Waals surface area (Å²) in [7, 11) is 0. The summed E-state index contributed by atoms with van der Waals surface area (Å²) in [4.78, 5) is 0. The van der Waals surface area contributed by atoms with Gasteiger partial charge in [0, 0.05) is 17.8 Å².